The highest BCUT2D eigenvalue weighted by atomic mass is 32.2. The molecule has 0 aliphatic carbocycles. The van der Waals surface area contributed by atoms with Gasteiger partial charge < -0.3 is 4.74 Å². The minimum Gasteiger partial charge on any atom is -0.457 e. The van der Waals surface area contributed by atoms with Gasteiger partial charge in [0.15, 0.2) is 0 Å². The van der Waals surface area contributed by atoms with Gasteiger partial charge in [-0.1, -0.05) is 89.3 Å². The lowest BCUT2D eigenvalue weighted by Crippen LogP contribution is -1.98. The third-order valence-corrected chi connectivity index (χ3v) is 6.18. The molecule has 1 N–H and O–H groups in total. The molecule has 2 aromatic rings. The highest BCUT2D eigenvalue weighted by Gasteiger charge is 2.10. The molecule has 0 saturated heterocycles. The number of aryl methyl sites for hydroxylation is 1. The van der Waals surface area contributed by atoms with Gasteiger partial charge >= 0.3 is 0 Å². The lowest BCUT2D eigenvalue weighted by atomic mass is 10.0. The lowest BCUT2D eigenvalue weighted by molar-refractivity contribution is 0.471. The highest BCUT2D eigenvalue weighted by molar-refractivity contribution is 7.85. The van der Waals surface area contributed by atoms with E-state index in [0.29, 0.717) is 11.5 Å². The molecule has 166 valence electrons. The van der Waals surface area contributed by atoms with E-state index in [1.54, 1.807) is 12.1 Å². The van der Waals surface area contributed by atoms with Gasteiger partial charge in [-0.2, -0.15) is 8.42 Å². The molecular formula is C25H36O4S. The number of hydrogen-bond acceptors (Lipinski definition) is 3. The third-order valence-electron chi connectivity index (χ3n) is 5.33. The van der Waals surface area contributed by atoms with Gasteiger partial charge in [0.25, 0.3) is 10.1 Å². The zero-order valence-corrected chi connectivity index (χ0v) is 19.0. The minimum atomic E-state index is -4.23. The fourth-order valence-corrected chi connectivity index (χ4v) is 4.07. The first kappa shape index (κ1) is 24.4. The standard InChI is InChI=1S/C25H36O4S/c1-2-3-4-5-6-7-8-9-10-11-12-14-22-17-19-23(20-18-22)29-24-15-13-16-25(21-24)30(26,27)28/h13,15-21H,2-12,14H2,1H3,(H,26,27,28). The molecule has 4 nitrogen and oxygen atoms in total. The topological polar surface area (TPSA) is 63.6 Å². The van der Waals surface area contributed by atoms with Crippen LogP contribution in [-0.4, -0.2) is 13.0 Å². The summed E-state index contributed by atoms with van der Waals surface area (Å²) in [6.07, 6.45) is 15.9. The molecule has 0 heterocycles. The molecule has 5 heteroatoms. The van der Waals surface area contributed by atoms with Gasteiger partial charge in [0.05, 0.1) is 4.90 Å². The molecule has 0 unspecified atom stereocenters. The average molecular weight is 433 g/mol. The van der Waals surface area contributed by atoms with Crippen LogP contribution < -0.4 is 4.74 Å². The van der Waals surface area contributed by atoms with E-state index < -0.39 is 10.1 Å². The van der Waals surface area contributed by atoms with Gasteiger partial charge in [-0.25, -0.2) is 0 Å². The van der Waals surface area contributed by atoms with Crippen LogP contribution in [0.1, 0.15) is 83.1 Å². The summed E-state index contributed by atoms with van der Waals surface area (Å²) >= 11 is 0. The van der Waals surface area contributed by atoms with E-state index in [2.05, 4.69) is 19.1 Å². The number of benzene rings is 2. The van der Waals surface area contributed by atoms with E-state index >= 15 is 0 Å². The summed E-state index contributed by atoms with van der Waals surface area (Å²) in [6.45, 7) is 2.26. The van der Waals surface area contributed by atoms with Crippen molar-refractivity contribution in [1.29, 1.82) is 0 Å². The Morgan fingerprint density at radius 1 is 0.733 bits per heavy atom. The second kappa shape index (κ2) is 13.5. The van der Waals surface area contributed by atoms with Crippen molar-refractivity contribution in [2.45, 2.75) is 88.9 Å². The molecule has 2 aromatic carbocycles. The van der Waals surface area contributed by atoms with Crippen LogP contribution in [0, 0.1) is 0 Å². The Hall–Kier alpha value is -1.85. The first-order chi connectivity index (χ1) is 14.5. The van der Waals surface area contributed by atoms with Crippen molar-refractivity contribution in [2.24, 2.45) is 0 Å². The fraction of sp³-hybridized carbons (Fsp3) is 0.520. The summed E-state index contributed by atoms with van der Waals surface area (Å²) in [5, 5.41) is 0. The van der Waals surface area contributed by atoms with Crippen LogP contribution in [0.3, 0.4) is 0 Å². The minimum absolute atomic E-state index is 0.173. The van der Waals surface area contributed by atoms with Crippen molar-refractivity contribution >= 4 is 10.1 Å². The maximum atomic E-state index is 11.2. The van der Waals surface area contributed by atoms with E-state index in [-0.39, 0.29) is 4.90 Å². The molecular weight excluding hydrogens is 396 g/mol. The van der Waals surface area contributed by atoms with E-state index in [1.165, 1.54) is 88.3 Å². The molecule has 0 fully saturated rings. The van der Waals surface area contributed by atoms with E-state index in [4.69, 9.17) is 9.29 Å². The van der Waals surface area contributed by atoms with Crippen LogP contribution in [0.4, 0.5) is 0 Å². The van der Waals surface area contributed by atoms with Crippen LogP contribution in [0.25, 0.3) is 0 Å². The largest absolute Gasteiger partial charge is 0.457 e. The zero-order chi connectivity index (χ0) is 21.7. The molecule has 0 spiro atoms. The monoisotopic (exact) mass is 432 g/mol. The maximum Gasteiger partial charge on any atom is 0.294 e. The molecule has 0 aliphatic heterocycles. The summed E-state index contributed by atoms with van der Waals surface area (Å²) in [4.78, 5) is -0.173. The maximum absolute atomic E-state index is 11.2. The molecule has 0 amide bonds. The van der Waals surface area contributed by atoms with E-state index in [0.717, 1.165) is 6.42 Å². The molecule has 0 aliphatic rings. The van der Waals surface area contributed by atoms with Gasteiger partial charge in [0.2, 0.25) is 0 Å². The van der Waals surface area contributed by atoms with Crippen molar-refractivity contribution in [3.63, 3.8) is 0 Å². The molecule has 30 heavy (non-hydrogen) atoms. The molecule has 2 rings (SSSR count). The van der Waals surface area contributed by atoms with Crippen molar-refractivity contribution in [3.05, 3.63) is 54.1 Å². The third kappa shape index (κ3) is 9.77. The summed E-state index contributed by atoms with van der Waals surface area (Å²) < 4.78 is 37.3. The Labute approximate surface area is 182 Å². The SMILES string of the molecule is CCCCCCCCCCCCCc1ccc(Oc2cccc(S(=O)(=O)O)c2)cc1. The normalized spacial score (nSPS) is 11.5. The molecule has 0 radical (unpaired) electrons. The smallest absolute Gasteiger partial charge is 0.294 e. The Balaban J connectivity index is 1.62. The molecule has 0 bridgehead atoms. The van der Waals surface area contributed by atoms with Crippen LogP contribution >= 0.6 is 0 Å². The Bertz CT molecular complexity index is 828. The Kier molecular flexibility index (Phi) is 11.0. The first-order valence-corrected chi connectivity index (χ1v) is 12.8. The van der Waals surface area contributed by atoms with Crippen LogP contribution in [-0.2, 0) is 16.5 Å². The average Bonchev–Trinajstić information content (AvgIpc) is 2.73. The number of unbranched alkanes of at least 4 members (excludes halogenated alkanes) is 10. The van der Waals surface area contributed by atoms with Crippen LogP contribution in [0.5, 0.6) is 11.5 Å². The zero-order valence-electron chi connectivity index (χ0n) is 18.2. The number of hydrogen-bond donors (Lipinski definition) is 1. The molecule has 0 saturated carbocycles. The summed E-state index contributed by atoms with van der Waals surface area (Å²) in [6, 6.07) is 13.7. The Morgan fingerprint density at radius 3 is 1.87 bits per heavy atom. The summed E-state index contributed by atoms with van der Waals surface area (Å²) in [5.41, 5.74) is 1.28. The fourth-order valence-electron chi connectivity index (χ4n) is 3.55. The van der Waals surface area contributed by atoms with Crippen molar-refractivity contribution in [3.8, 4) is 11.5 Å². The second-order valence-corrected chi connectivity index (χ2v) is 9.40. The number of rotatable bonds is 15. The van der Waals surface area contributed by atoms with Crippen molar-refractivity contribution in [1.82, 2.24) is 0 Å². The first-order valence-electron chi connectivity index (χ1n) is 11.3. The summed E-state index contributed by atoms with van der Waals surface area (Å²) in [5.74, 6) is 1.02. The van der Waals surface area contributed by atoms with Crippen LogP contribution in [0.2, 0.25) is 0 Å². The number of ether oxygens (including phenoxy) is 1. The van der Waals surface area contributed by atoms with Gasteiger partial charge in [-0.05, 0) is 42.7 Å². The van der Waals surface area contributed by atoms with Crippen LogP contribution in [0.15, 0.2) is 53.4 Å². The lowest BCUT2D eigenvalue weighted by Gasteiger charge is -2.08. The summed E-state index contributed by atoms with van der Waals surface area (Å²) in [7, 11) is -4.23. The van der Waals surface area contributed by atoms with E-state index in [1.807, 2.05) is 12.1 Å². The van der Waals surface area contributed by atoms with Crippen molar-refractivity contribution < 1.29 is 17.7 Å². The quantitative estimate of drug-likeness (QED) is 0.233. The highest BCUT2D eigenvalue weighted by Crippen LogP contribution is 2.24. The predicted molar refractivity (Wildman–Crippen MR) is 123 cm³/mol. The van der Waals surface area contributed by atoms with Gasteiger partial charge in [-0.3, -0.25) is 4.55 Å². The van der Waals surface area contributed by atoms with Crippen molar-refractivity contribution in [2.75, 3.05) is 0 Å². The molecule has 0 aromatic heterocycles. The second-order valence-electron chi connectivity index (χ2n) is 7.98. The molecule has 0 atom stereocenters. The van der Waals surface area contributed by atoms with E-state index in [9.17, 15) is 8.42 Å². The van der Waals surface area contributed by atoms with Gasteiger partial charge in [-0.15, -0.1) is 0 Å². The Morgan fingerprint density at radius 2 is 1.30 bits per heavy atom. The van der Waals surface area contributed by atoms with Gasteiger partial charge in [0.1, 0.15) is 11.5 Å². The predicted octanol–water partition coefficient (Wildman–Crippen LogP) is 7.58. The van der Waals surface area contributed by atoms with Gasteiger partial charge in [0, 0.05) is 6.07 Å².